The Hall–Kier alpha value is -1.89. The number of benzene rings is 1. The van der Waals surface area contributed by atoms with Gasteiger partial charge in [0.1, 0.15) is 0 Å². The van der Waals surface area contributed by atoms with Crippen LogP contribution in [0.2, 0.25) is 0 Å². The Kier molecular flexibility index (Phi) is 5.41. The quantitative estimate of drug-likeness (QED) is 0.787. The fourth-order valence-corrected chi connectivity index (χ4v) is 2.98. The first kappa shape index (κ1) is 17.5. The van der Waals surface area contributed by atoms with Gasteiger partial charge in [-0.3, -0.25) is 4.79 Å². The fraction of sp³-hybridized carbons (Fsp3) is 0.500. The molecule has 0 aliphatic carbocycles. The van der Waals surface area contributed by atoms with E-state index < -0.39 is 0 Å². The molecule has 2 aromatic rings. The second kappa shape index (κ2) is 7.12. The van der Waals surface area contributed by atoms with Crippen LogP contribution in [0.1, 0.15) is 33.3 Å². The van der Waals surface area contributed by atoms with Gasteiger partial charge < -0.3 is 4.90 Å². The van der Waals surface area contributed by atoms with E-state index in [0.717, 1.165) is 5.56 Å². The van der Waals surface area contributed by atoms with E-state index in [1.807, 2.05) is 42.2 Å². The first-order valence-corrected chi connectivity index (χ1v) is 8.41. The minimum Gasteiger partial charge on any atom is -0.333 e. The maximum Gasteiger partial charge on any atom is 0.236 e. The molecule has 0 spiro atoms. The predicted molar refractivity (Wildman–Crippen MR) is 90.9 cm³/mol. The average molecular weight is 333 g/mol. The summed E-state index contributed by atoms with van der Waals surface area (Å²) in [5.41, 5.74) is 0.855. The molecular weight excluding hydrogens is 310 g/mol. The summed E-state index contributed by atoms with van der Waals surface area (Å²) in [5.74, 6) is 0.0781. The van der Waals surface area contributed by atoms with E-state index in [1.54, 1.807) is 11.7 Å². The summed E-state index contributed by atoms with van der Waals surface area (Å²) < 4.78 is 1.58. The van der Waals surface area contributed by atoms with Crippen molar-refractivity contribution in [1.29, 1.82) is 0 Å². The molecule has 1 atom stereocenters. The number of rotatable bonds is 5. The smallest absolute Gasteiger partial charge is 0.236 e. The lowest BCUT2D eigenvalue weighted by atomic mass is 10.0. The molecule has 1 amide bonds. The van der Waals surface area contributed by atoms with Crippen molar-refractivity contribution < 1.29 is 4.79 Å². The van der Waals surface area contributed by atoms with Gasteiger partial charge in [-0.15, -0.1) is 5.10 Å². The van der Waals surface area contributed by atoms with Crippen molar-refractivity contribution in [3.8, 4) is 0 Å². The van der Waals surface area contributed by atoms with Crippen LogP contribution in [-0.2, 0) is 18.4 Å². The van der Waals surface area contributed by atoms with Crippen LogP contribution >= 0.6 is 11.8 Å². The van der Waals surface area contributed by atoms with Crippen LogP contribution in [0.15, 0.2) is 35.5 Å². The topological polar surface area (TPSA) is 63.9 Å². The van der Waals surface area contributed by atoms with Crippen LogP contribution in [-0.4, -0.2) is 41.8 Å². The molecule has 6 nitrogen and oxygen atoms in total. The average Bonchev–Trinajstić information content (AvgIpc) is 2.89. The molecule has 1 heterocycles. The van der Waals surface area contributed by atoms with Gasteiger partial charge in [0.25, 0.3) is 0 Å². The van der Waals surface area contributed by atoms with E-state index in [0.29, 0.717) is 11.7 Å². The predicted octanol–water partition coefficient (Wildman–Crippen LogP) is 2.52. The molecular formula is C16H23N5OS. The van der Waals surface area contributed by atoms with Crippen LogP contribution < -0.4 is 0 Å². The molecule has 0 fully saturated rings. The van der Waals surface area contributed by atoms with Gasteiger partial charge in [0.15, 0.2) is 0 Å². The monoisotopic (exact) mass is 333 g/mol. The van der Waals surface area contributed by atoms with Crippen molar-refractivity contribution in [1.82, 2.24) is 25.1 Å². The number of aryl methyl sites for hydroxylation is 1. The van der Waals surface area contributed by atoms with Gasteiger partial charge in [0, 0.05) is 19.1 Å². The maximum absolute atomic E-state index is 13.0. The number of carbonyl (C=O) groups excluding carboxylic acids is 1. The summed E-state index contributed by atoms with van der Waals surface area (Å²) in [7, 11) is 1.77. The Bertz CT molecular complexity index is 650. The van der Waals surface area contributed by atoms with Gasteiger partial charge in [0.2, 0.25) is 11.1 Å². The summed E-state index contributed by atoms with van der Waals surface area (Å²) in [6, 6.07) is 10.0. The van der Waals surface area contributed by atoms with Crippen LogP contribution in [0.4, 0.5) is 0 Å². The Morgan fingerprint density at radius 3 is 2.48 bits per heavy atom. The van der Waals surface area contributed by atoms with Crippen LogP contribution in [0.25, 0.3) is 0 Å². The van der Waals surface area contributed by atoms with Gasteiger partial charge in [-0.25, -0.2) is 4.68 Å². The van der Waals surface area contributed by atoms with E-state index in [1.165, 1.54) is 11.8 Å². The van der Waals surface area contributed by atoms with Gasteiger partial charge >= 0.3 is 0 Å². The zero-order valence-corrected chi connectivity index (χ0v) is 15.0. The third-order valence-corrected chi connectivity index (χ3v) is 4.58. The number of nitrogens with zero attached hydrogens (tertiary/aromatic N) is 5. The third kappa shape index (κ3) is 4.54. The molecule has 0 aliphatic rings. The standard InChI is InChI=1S/C16H23N5OS/c1-12(23-15-17-18-19-20(15)5)14(22)21(16(2,3)4)11-13-9-7-6-8-10-13/h6-10,12H,11H2,1-5H3/t12-/m1/s1. The third-order valence-electron chi connectivity index (χ3n) is 3.47. The molecule has 0 saturated heterocycles. The fourth-order valence-electron chi connectivity index (χ4n) is 2.16. The summed E-state index contributed by atoms with van der Waals surface area (Å²) in [6.45, 7) is 8.63. The summed E-state index contributed by atoms with van der Waals surface area (Å²) in [5, 5.41) is 11.7. The number of amides is 1. The normalized spacial score (nSPS) is 12.9. The number of tetrazole rings is 1. The zero-order valence-electron chi connectivity index (χ0n) is 14.2. The van der Waals surface area contributed by atoms with E-state index in [9.17, 15) is 4.79 Å². The highest BCUT2D eigenvalue weighted by Crippen LogP contribution is 2.26. The molecule has 0 saturated carbocycles. The lowest BCUT2D eigenvalue weighted by molar-refractivity contribution is -0.135. The Labute approximate surface area is 141 Å². The lowest BCUT2D eigenvalue weighted by Gasteiger charge is -2.37. The van der Waals surface area contributed by atoms with Crippen molar-refractivity contribution in [2.45, 2.75) is 50.2 Å². The van der Waals surface area contributed by atoms with Crippen molar-refractivity contribution in [3.63, 3.8) is 0 Å². The maximum atomic E-state index is 13.0. The second-order valence-corrected chi connectivity index (χ2v) is 7.73. The number of hydrogen-bond acceptors (Lipinski definition) is 5. The molecule has 0 aliphatic heterocycles. The molecule has 124 valence electrons. The van der Waals surface area contributed by atoms with Crippen molar-refractivity contribution in [2.75, 3.05) is 0 Å². The summed E-state index contributed by atoms with van der Waals surface area (Å²) in [6.07, 6.45) is 0. The van der Waals surface area contributed by atoms with E-state index in [2.05, 4.69) is 36.3 Å². The molecule has 7 heteroatoms. The molecule has 0 unspecified atom stereocenters. The molecule has 1 aromatic carbocycles. The number of hydrogen-bond donors (Lipinski definition) is 0. The minimum atomic E-state index is -0.264. The van der Waals surface area contributed by atoms with Crippen LogP contribution in [0, 0.1) is 0 Å². The van der Waals surface area contributed by atoms with Crippen LogP contribution in [0.5, 0.6) is 0 Å². The largest absolute Gasteiger partial charge is 0.333 e. The molecule has 0 bridgehead atoms. The van der Waals surface area contributed by atoms with Crippen LogP contribution in [0.3, 0.4) is 0 Å². The Morgan fingerprint density at radius 1 is 1.30 bits per heavy atom. The molecule has 1 aromatic heterocycles. The highest BCUT2D eigenvalue weighted by molar-refractivity contribution is 8.00. The van der Waals surface area contributed by atoms with E-state index in [-0.39, 0.29) is 16.7 Å². The molecule has 0 N–H and O–H groups in total. The number of aromatic nitrogens is 4. The summed E-state index contributed by atoms with van der Waals surface area (Å²) in [4.78, 5) is 14.9. The number of carbonyl (C=O) groups is 1. The first-order chi connectivity index (χ1) is 10.8. The van der Waals surface area contributed by atoms with Crippen molar-refractivity contribution in [2.24, 2.45) is 7.05 Å². The van der Waals surface area contributed by atoms with Gasteiger partial charge in [-0.2, -0.15) is 0 Å². The molecule has 23 heavy (non-hydrogen) atoms. The SMILES string of the molecule is C[C@@H](Sc1nnnn1C)C(=O)N(Cc1ccccc1)C(C)(C)C. The minimum absolute atomic E-state index is 0.0781. The first-order valence-electron chi connectivity index (χ1n) is 7.53. The Morgan fingerprint density at radius 2 is 1.96 bits per heavy atom. The van der Waals surface area contributed by atoms with Crippen molar-refractivity contribution >= 4 is 17.7 Å². The molecule has 2 rings (SSSR count). The highest BCUT2D eigenvalue weighted by Gasteiger charge is 2.31. The number of thioether (sulfide) groups is 1. The zero-order chi connectivity index (χ0) is 17.0. The molecule has 0 radical (unpaired) electrons. The van der Waals surface area contributed by atoms with Gasteiger partial charge in [-0.05, 0) is 43.7 Å². The van der Waals surface area contributed by atoms with E-state index >= 15 is 0 Å². The van der Waals surface area contributed by atoms with Gasteiger partial charge in [-0.1, -0.05) is 42.1 Å². The summed E-state index contributed by atoms with van der Waals surface area (Å²) >= 11 is 1.38. The van der Waals surface area contributed by atoms with Gasteiger partial charge in [0.05, 0.1) is 5.25 Å². The second-order valence-electron chi connectivity index (χ2n) is 6.43. The van der Waals surface area contributed by atoms with E-state index in [4.69, 9.17) is 0 Å². The highest BCUT2D eigenvalue weighted by atomic mass is 32.2. The Balaban J connectivity index is 2.15. The van der Waals surface area contributed by atoms with Crippen molar-refractivity contribution in [3.05, 3.63) is 35.9 Å². The lowest BCUT2D eigenvalue weighted by Crippen LogP contribution is -2.48.